The molecule has 1 saturated carbocycles. The summed E-state index contributed by atoms with van der Waals surface area (Å²) in [4.78, 5) is 11.2. The molecule has 0 bridgehead atoms. The van der Waals surface area contributed by atoms with Gasteiger partial charge in [0.05, 0.1) is 11.7 Å². The average Bonchev–Trinajstić information content (AvgIpc) is 2.26. The van der Waals surface area contributed by atoms with E-state index in [0.29, 0.717) is 17.2 Å². The van der Waals surface area contributed by atoms with E-state index >= 15 is 0 Å². The highest BCUT2D eigenvalue weighted by Crippen LogP contribution is 2.31. The molecule has 1 fully saturated rings. The summed E-state index contributed by atoms with van der Waals surface area (Å²) in [5.41, 5.74) is 5.76. The van der Waals surface area contributed by atoms with Crippen LogP contribution in [0.4, 0.5) is 0 Å². The van der Waals surface area contributed by atoms with Gasteiger partial charge in [-0.15, -0.1) is 0 Å². The SMILES string of the molecule is CNCC1CC(Oc2ccccc2C(N)=O)C1. The van der Waals surface area contributed by atoms with E-state index in [0.717, 1.165) is 19.4 Å². The summed E-state index contributed by atoms with van der Waals surface area (Å²) in [6.07, 6.45) is 2.29. The van der Waals surface area contributed by atoms with Crippen LogP contribution in [0.25, 0.3) is 0 Å². The average molecular weight is 234 g/mol. The van der Waals surface area contributed by atoms with E-state index < -0.39 is 5.91 Å². The highest BCUT2D eigenvalue weighted by molar-refractivity contribution is 5.95. The number of rotatable bonds is 5. The Kier molecular flexibility index (Phi) is 3.64. The van der Waals surface area contributed by atoms with Crippen molar-refractivity contribution in [2.24, 2.45) is 11.7 Å². The van der Waals surface area contributed by atoms with Crippen molar-refractivity contribution in [3.63, 3.8) is 0 Å². The van der Waals surface area contributed by atoms with Gasteiger partial charge in [0, 0.05) is 0 Å². The number of ether oxygens (including phenoxy) is 1. The van der Waals surface area contributed by atoms with Crippen molar-refractivity contribution < 1.29 is 9.53 Å². The summed E-state index contributed by atoms with van der Waals surface area (Å²) in [6, 6.07) is 7.13. The number of hydrogen-bond donors (Lipinski definition) is 2. The zero-order valence-electron chi connectivity index (χ0n) is 9.98. The molecule has 2 rings (SSSR count). The normalized spacial score (nSPS) is 22.9. The quantitative estimate of drug-likeness (QED) is 0.803. The summed E-state index contributed by atoms with van der Waals surface area (Å²) in [7, 11) is 1.95. The first-order valence-corrected chi connectivity index (χ1v) is 5.90. The number of primary amides is 1. The zero-order chi connectivity index (χ0) is 12.3. The van der Waals surface area contributed by atoms with Crippen molar-refractivity contribution in [2.75, 3.05) is 13.6 Å². The molecule has 1 amide bonds. The van der Waals surface area contributed by atoms with E-state index in [2.05, 4.69) is 5.32 Å². The van der Waals surface area contributed by atoms with Crippen LogP contribution in [-0.2, 0) is 0 Å². The van der Waals surface area contributed by atoms with Gasteiger partial charge in [0.2, 0.25) is 0 Å². The molecular weight excluding hydrogens is 216 g/mol. The summed E-state index contributed by atoms with van der Waals surface area (Å²) in [6.45, 7) is 1.03. The highest BCUT2D eigenvalue weighted by Gasteiger charge is 2.30. The number of amides is 1. The first-order valence-electron chi connectivity index (χ1n) is 5.90. The lowest BCUT2D eigenvalue weighted by molar-refractivity contribution is 0.0643. The molecular formula is C13H18N2O2. The number of carbonyl (C=O) groups is 1. The molecule has 1 aromatic rings. The van der Waals surface area contributed by atoms with Crippen LogP contribution in [0.5, 0.6) is 5.75 Å². The van der Waals surface area contributed by atoms with Crippen molar-refractivity contribution in [1.82, 2.24) is 5.32 Å². The molecule has 0 saturated heterocycles. The van der Waals surface area contributed by atoms with Gasteiger partial charge in [-0.05, 0) is 44.5 Å². The van der Waals surface area contributed by atoms with Gasteiger partial charge >= 0.3 is 0 Å². The number of para-hydroxylation sites is 1. The van der Waals surface area contributed by atoms with E-state index in [1.54, 1.807) is 18.2 Å². The molecule has 0 aromatic heterocycles. The fourth-order valence-electron chi connectivity index (χ4n) is 2.18. The maximum Gasteiger partial charge on any atom is 0.252 e. The molecule has 0 atom stereocenters. The second-order valence-corrected chi connectivity index (χ2v) is 4.50. The molecule has 0 unspecified atom stereocenters. The number of nitrogens with one attached hydrogen (secondary N) is 1. The lowest BCUT2D eigenvalue weighted by Gasteiger charge is -2.35. The molecule has 0 aliphatic heterocycles. The summed E-state index contributed by atoms with van der Waals surface area (Å²) >= 11 is 0. The standard InChI is InChI=1S/C13H18N2O2/c1-15-8-9-6-10(7-9)17-12-5-3-2-4-11(12)13(14)16/h2-5,9-10,15H,6-8H2,1H3,(H2,14,16). The first-order chi connectivity index (χ1) is 8.20. The third-order valence-corrected chi connectivity index (χ3v) is 3.13. The Bertz CT molecular complexity index is 400. The molecule has 1 aromatic carbocycles. The fourth-order valence-corrected chi connectivity index (χ4v) is 2.18. The first kappa shape index (κ1) is 11.9. The fraction of sp³-hybridized carbons (Fsp3) is 0.462. The van der Waals surface area contributed by atoms with E-state index in [4.69, 9.17) is 10.5 Å². The van der Waals surface area contributed by atoms with Crippen molar-refractivity contribution in [3.8, 4) is 5.75 Å². The van der Waals surface area contributed by atoms with Gasteiger partial charge in [-0.2, -0.15) is 0 Å². The molecule has 1 aliphatic rings. The van der Waals surface area contributed by atoms with Gasteiger partial charge in [-0.3, -0.25) is 4.79 Å². The van der Waals surface area contributed by atoms with E-state index in [9.17, 15) is 4.79 Å². The third kappa shape index (κ3) is 2.77. The number of benzene rings is 1. The lowest BCUT2D eigenvalue weighted by Crippen LogP contribution is -2.39. The minimum atomic E-state index is -0.438. The van der Waals surface area contributed by atoms with Crippen molar-refractivity contribution in [3.05, 3.63) is 29.8 Å². The Morgan fingerprint density at radius 1 is 1.47 bits per heavy atom. The Labute approximate surface area is 101 Å². The van der Waals surface area contributed by atoms with Crippen LogP contribution < -0.4 is 15.8 Å². The van der Waals surface area contributed by atoms with Crippen molar-refractivity contribution in [1.29, 1.82) is 0 Å². The Hall–Kier alpha value is -1.55. The molecule has 92 valence electrons. The van der Waals surface area contributed by atoms with Crippen molar-refractivity contribution in [2.45, 2.75) is 18.9 Å². The van der Waals surface area contributed by atoms with E-state index in [1.165, 1.54) is 0 Å². The molecule has 4 nitrogen and oxygen atoms in total. The minimum absolute atomic E-state index is 0.217. The van der Waals surface area contributed by atoms with Crippen LogP contribution in [0.3, 0.4) is 0 Å². The monoisotopic (exact) mass is 234 g/mol. The zero-order valence-corrected chi connectivity index (χ0v) is 9.98. The Morgan fingerprint density at radius 3 is 2.82 bits per heavy atom. The third-order valence-electron chi connectivity index (χ3n) is 3.13. The Balaban J connectivity index is 1.94. The predicted octanol–water partition coefficient (Wildman–Crippen LogP) is 1.16. The summed E-state index contributed by atoms with van der Waals surface area (Å²) < 4.78 is 5.79. The van der Waals surface area contributed by atoms with Crippen molar-refractivity contribution >= 4 is 5.91 Å². The molecule has 3 N–H and O–H groups in total. The predicted molar refractivity (Wildman–Crippen MR) is 66.0 cm³/mol. The largest absolute Gasteiger partial charge is 0.490 e. The number of carbonyl (C=O) groups excluding carboxylic acids is 1. The van der Waals surface area contributed by atoms with Crippen LogP contribution in [-0.4, -0.2) is 25.6 Å². The topological polar surface area (TPSA) is 64.3 Å². The second-order valence-electron chi connectivity index (χ2n) is 4.50. The van der Waals surface area contributed by atoms with Gasteiger partial charge < -0.3 is 15.8 Å². The number of nitrogens with two attached hydrogens (primary N) is 1. The molecule has 17 heavy (non-hydrogen) atoms. The smallest absolute Gasteiger partial charge is 0.252 e. The van der Waals surface area contributed by atoms with Crippen LogP contribution in [0.2, 0.25) is 0 Å². The van der Waals surface area contributed by atoms with Crippen LogP contribution in [0.15, 0.2) is 24.3 Å². The van der Waals surface area contributed by atoms with Gasteiger partial charge in [-0.1, -0.05) is 12.1 Å². The van der Waals surface area contributed by atoms with Gasteiger partial charge in [0.25, 0.3) is 5.91 Å². The van der Waals surface area contributed by atoms with Gasteiger partial charge in [-0.25, -0.2) is 0 Å². The van der Waals surface area contributed by atoms with Gasteiger partial charge in [0.15, 0.2) is 0 Å². The van der Waals surface area contributed by atoms with Crippen LogP contribution in [0, 0.1) is 5.92 Å². The van der Waals surface area contributed by atoms with Crippen LogP contribution in [0.1, 0.15) is 23.2 Å². The van der Waals surface area contributed by atoms with E-state index in [-0.39, 0.29) is 6.10 Å². The molecule has 1 aliphatic carbocycles. The van der Waals surface area contributed by atoms with Crippen LogP contribution >= 0.6 is 0 Å². The molecule has 0 spiro atoms. The lowest BCUT2D eigenvalue weighted by atomic mass is 9.82. The summed E-state index contributed by atoms with van der Waals surface area (Å²) in [5, 5.41) is 3.15. The summed E-state index contributed by atoms with van der Waals surface area (Å²) in [5.74, 6) is 0.852. The number of hydrogen-bond acceptors (Lipinski definition) is 3. The van der Waals surface area contributed by atoms with E-state index in [1.807, 2.05) is 13.1 Å². The molecule has 0 heterocycles. The molecule has 4 heteroatoms. The maximum absolute atomic E-state index is 11.2. The maximum atomic E-state index is 11.2. The second kappa shape index (κ2) is 5.19. The van der Waals surface area contributed by atoms with Gasteiger partial charge in [0.1, 0.15) is 5.75 Å². The Morgan fingerprint density at radius 2 is 2.18 bits per heavy atom. The molecule has 0 radical (unpaired) electrons. The highest BCUT2D eigenvalue weighted by atomic mass is 16.5. The minimum Gasteiger partial charge on any atom is -0.490 e.